The van der Waals surface area contributed by atoms with Crippen LogP contribution in [0.25, 0.3) is 0 Å². The quantitative estimate of drug-likeness (QED) is 0.702. The fourth-order valence-corrected chi connectivity index (χ4v) is 1.17. The van der Waals surface area contributed by atoms with Crippen molar-refractivity contribution in [3.8, 4) is 0 Å². The van der Waals surface area contributed by atoms with Gasteiger partial charge in [0.2, 0.25) is 0 Å². The lowest BCUT2D eigenvalue weighted by Crippen LogP contribution is -2.12. The highest BCUT2D eigenvalue weighted by molar-refractivity contribution is 7.94. The summed E-state index contributed by atoms with van der Waals surface area (Å²) in [7, 11) is 0. The summed E-state index contributed by atoms with van der Waals surface area (Å²) in [6.07, 6.45) is -5.64. The Hall–Kier alpha value is -0.680. The molecule has 0 bridgehead atoms. The van der Waals surface area contributed by atoms with Crippen LogP contribution in [0.5, 0.6) is 0 Å². The number of halogens is 3. The van der Waals surface area contributed by atoms with E-state index in [1.165, 1.54) is 0 Å². The van der Waals surface area contributed by atoms with Crippen LogP contribution in [0.3, 0.4) is 0 Å². The molecule has 1 rings (SSSR count). The summed E-state index contributed by atoms with van der Waals surface area (Å²) in [5.41, 5.74) is 0. The Kier molecular flexibility index (Phi) is 4.11. The van der Waals surface area contributed by atoms with E-state index in [1.807, 2.05) is 0 Å². The van der Waals surface area contributed by atoms with Crippen LogP contribution in [0, 0.1) is 0 Å². The zero-order valence-electron chi connectivity index (χ0n) is 6.49. The molecule has 0 aliphatic heterocycles. The number of alkyl halides is 3. The molecule has 0 fully saturated rings. The third-order valence-corrected chi connectivity index (χ3v) is 1.92. The molecule has 0 radical (unpaired) electrons. The third-order valence-electron chi connectivity index (χ3n) is 1.18. The summed E-state index contributed by atoms with van der Waals surface area (Å²) in [5, 5.41) is 0. The van der Waals surface area contributed by atoms with Crippen molar-refractivity contribution < 1.29 is 17.4 Å². The molecule has 1 aromatic carbocycles. The molecule has 1 atom stereocenters. The van der Waals surface area contributed by atoms with Crippen LogP contribution in [0.2, 0.25) is 0 Å². The Labute approximate surface area is 78.1 Å². The van der Waals surface area contributed by atoms with Crippen LogP contribution in [-0.4, -0.2) is 12.8 Å². The van der Waals surface area contributed by atoms with Gasteiger partial charge >= 0.3 is 0 Å². The number of hydrogen-bond acceptors (Lipinski definition) is 2. The molecule has 1 aromatic rings. The van der Waals surface area contributed by atoms with E-state index < -0.39 is 12.8 Å². The van der Waals surface area contributed by atoms with E-state index in [0.29, 0.717) is 16.9 Å². The zero-order valence-corrected chi connectivity index (χ0v) is 7.31. The minimum Gasteiger partial charge on any atom is -0.268 e. The lowest BCUT2D eigenvalue weighted by Gasteiger charge is -2.06. The molecule has 0 heterocycles. The van der Waals surface area contributed by atoms with Crippen molar-refractivity contribution in [3.63, 3.8) is 0 Å². The first-order valence-electron chi connectivity index (χ1n) is 3.51. The first-order valence-corrected chi connectivity index (χ1v) is 4.25. The molecular weight excluding hydrogens is 201 g/mol. The van der Waals surface area contributed by atoms with Gasteiger partial charge in [0, 0.05) is 16.9 Å². The van der Waals surface area contributed by atoms with E-state index in [-0.39, 0.29) is 0 Å². The van der Waals surface area contributed by atoms with E-state index in [2.05, 4.69) is 4.18 Å². The Morgan fingerprint density at radius 1 is 1.08 bits per heavy atom. The predicted octanol–water partition coefficient (Wildman–Crippen LogP) is 3.27. The maximum absolute atomic E-state index is 12.2. The molecule has 72 valence electrons. The van der Waals surface area contributed by atoms with Crippen LogP contribution in [0.15, 0.2) is 35.2 Å². The maximum atomic E-state index is 12.2. The summed E-state index contributed by atoms with van der Waals surface area (Å²) in [4.78, 5) is 0.589. The summed E-state index contributed by atoms with van der Waals surface area (Å²) < 4.78 is 39.6. The van der Waals surface area contributed by atoms with E-state index in [1.54, 1.807) is 30.3 Å². The lowest BCUT2D eigenvalue weighted by atomic mass is 10.4. The Bertz CT molecular complexity index is 242. The van der Waals surface area contributed by atoms with Crippen molar-refractivity contribution in [2.45, 2.75) is 17.7 Å². The van der Waals surface area contributed by atoms with Crippen molar-refractivity contribution in [2.24, 2.45) is 0 Å². The maximum Gasteiger partial charge on any atom is 0.294 e. The number of benzene rings is 1. The molecule has 1 nitrogen and oxygen atoms in total. The molecule has 0 amide bonds. The van der Waals surface area contributed by atoms with Crippen molar-refractivity contribution in [1.29, 1.82) is 0 Å². The van der Waals surface area contributed by atoms with E-state index in [0.717, 1.165) is 0 Å². The summed E-state index contributed by atoms with van der Waals surface area (Å²) in [6, 6.07) is 8.47. The molecule has 0 N–H and O–H groups in total. The summed E-state index contributed by atoms with van der Waals surface area (Å²) in [6.45, 7) is 0. The standard InChI is InChI=1S/C8H7F3OS/c9-7(10)8(11)12-13-6-4-2-1-3-5-6/h1-5,7-8H. The first-order chi connectivity index (χ1) is 6.20. The highest BCUT2D eigenvalue weighted by atomic mass is 32.2. The van der Waals surface area contributed by atoms with Crippen LogP contribution >= 0.6 is 12.0 Å². The van der Waals surface area contributed by atoms with Gasteiger partial charge in [0.25, 0.3) is 12.8 Å². The minimum absolute atomic E-state index is 0.589. The molecule has 0 saturated heterocycles. The Morgan fingerprint density at radius 3 is 2.23 bits per heavy atom. The lowest BCUT2D eigenvalue weighted by molar-refractivity contribution is -0.0563. The highest BCUT2D eigenvalue weighted by Crippen LogP contribution is 2.22. The average molecular weight is 208 g/mol. The fourth-order valence-electron chi connectivity index (χ4n) is 0.620. The van der Waals surface area contributed by atoms with Crippen LogP contribution in [-0.2, 0) is 4.18 Å². The molecule has 0 saturated carbocycles. The fraction of sp³-hybridized carbons (Fsp3) is 0.250. The molecule has 0 aromatic heterocycles. The average Bonchev–Trinajstić information content (AvgIpc) is 2.15. The highest BCUT2D eigenvalue weighted by Gasteiger charge is 2.20. The number of rotatable bonds is 4. The van der Waals surface area contributed by atoms with Crippen LogP contribution < -0.4 is 0 Å². The van der Waals surface area contributed by atoms with Gasteiger partial charge in [0.05, 0.1) is 0 Å². The monoisotopic (exact) mass is 208 g/mol. The topological polar surface area (TPSA) is 9.23 Å². The Morgan fingerprint density at radius 2 is 1.69 bits per heavy atom. The van der Waals surface area contributed by atoms with E-state index in [9.17, 15) is 13.2 Å². The van der Waals surface area contributed by atoms with Gasteiger partial charge in [-0.2, -0.15) is 0 Å². The number of hydrogen-bond donors (Lipinski definition) is 0. The van der Waals surface area contributed by atoms with Gasteiger partial charge in [-0.1, -0.05) is 18.2 Å². The summed E-state index contributed by atoms with van der Waals surface area (Å²) >= 11 is 0.602. The molecule has 13 heavy (non-hydrogen) atoms. The van der Waals surface area contributed by atoms with Crippen LogP contribution in [0.4, 0.5) is 13.2 Å². The van der Waals surface area contributed by atoms with Gasteiger partial charge in [-0.15, -0.1) is 0 Å². The second-order valence-electron chi connectivity index (χ2n) is 2.18. The van der Waals surface area contributed by atoms with Crippen molar-refractivity contribution in [3.05, 3.63) is 30.3 Å². The molecule has 0 aliphatic rings. The minimum atomic E-state index is -3.10. The first kappa shape index (κ1) is 10.4. The van der Waals surface area contributed by atoms with Gasteiger partial charge in [-0.25, -0.2) is 13.2 Å². The second-order valence-corrected chi connectivity index (χ2v) is 3.01. The van der Waals surface area contributed by atoms with Gasteiger partial charge in [-0.05, 0) is 12.1 Å². The normalized spacial score (nSPS) is 13.2. The third kappa shape index (κ3) is 3.69. The largest absolute Gasteiger partial charge is 0.294 e. The Balaban J connectivity index is 2.35. The second kappa shape index (κ2) is 5.14. The zero-order chi connectivity index (χ0) is 9.68. The van der Waals surface area contributed by atoms with Gasteiger partial charge in [-0.3, -0.25) is 4.18 Å². The SMILES string of the molecule is FC(F)C(F)OSc1ccccc1. The van der Waals surface area contributed by atoms with Gasteiger partial charge < -0.3 is 0 Å². The van der Waals surface area contributed by atoms with Crippen molar-refractivity contribution >= 4 is 12.0 Å². The van der Waals surface area contributed by atoms with E-state index in [4.69, 9.17) is 0 Å². The van der Waals surface area contributed by atoms with Gasteiger partial charge in [0.15, 0.2) is 0 Å². The van der Waals surface area contributed by atoms with Crippen molar-refractivity contribution in [2.75, 3.05) is 0 Å². The predicted molar refractivity (Wildman–Crippen MR) is 44.3 cm³/mol. The van der Waals surface area contributed by atoms with E-state index >= 15 is 0 Å². The van der Waals surface area contributed by atoms with Crippen molar-refractivity contribution in [1.82, 2.24) is 0 Å². The smallest absolute Gasteiger partial charge is 0.268 e. The molecular formula is C8H7F3OS. The molecule has 0 aliphatic carbocycles. The molecule has 5 heteroatoms. The molecule has 0 spiro atoms. The molecule has 1 unspecified atom stereocenters. The van der Waals surface area contributed by atoms with Gasteiger partial charge in [0.1, 0.15) is 0 Å². The summed E-state index contributed by atoms with van der Waals surface area (Å²) in [5.74, 6) is 0. The van der Waals surface area contributed by atoms with Crippen LogP contribution in [0.1, 0.15) is 0 Å².